The highest BCUT2D eigenvalue weighted by Gasteiger charge is 2.32. The number of aliphatic carboxylic acids is 1. The Kier molecular flexibility index (Phi) is 6.27. The first-order valence-corrected chi connectivity index (χ1v) is 8.04. The van der Waals surface area contributed by atoms with E-state index in [1.807, 2.05) is 6.92 Å². The third-order valence-electron chi connectivity index (χ3n) is 3.92. The van der Waals surface area contributed by atoms with Gasteiger partial charge in [0.2, 0.25) is 5.88 Å². The minimum atomic E-state index is -4.46. The number of nitrogens with zero attached hydrogens (tertiary/aromatic N) is 2. The molecule has 2 heterocycles. The topological polar surface area (TPSA) is 91.8 Å². The van der Waals surface area contributed by atoms with E-state index >= 15 is 0 Å². The van der Waals surface area contributed by atoms with Crippen molar-refractivity contribution in [2.45, 2.75) is 26.1 Å². The molecule has 1 aliphatic heterocycles. The third-order valence-corrected chi connectivity index (χ3v) is 3.92. The number of aromatic nitrogens is 1. The first-order chi connectivity index (χ1) is 12.1. The first kappa shape index (κ1) is 19.8. The Labute approximate surface area is 148 Å². The Morgan fingerprint density at radius 3 is 2.81 bits per heavy atom. The number of carbonyl (C=O) groups is 2. The van der Waals surface area contributed by atoms with E-state index in [1.54, 1.807) is 6.07 Å². The molecule has 7 nitrogen and oxygen atoms in total. The lowest BCUT2D eigenvalue weighted by Gasteiger charge is -2.34. The van der Waals surface area contributed by atoms with Crippen LogP contribution in [0.25, 0.3) is 0 Å². The van der Waals surface area contributed by atoms with E-state index in [1.165, 1.54) is 17.2 Å². The van der Waals surface area contributed by atoms with Crippen LogP contribution in [0.15, 0.2) is 18.3 Å². The molecule has 144 valence electrons. The zero-order chi connectivity index (χ0) is 19.3. The number of halogens is 3. The Balaban J connectivity index is 1.89. The van der Waals surface area contributed by atoms with Gasteiger partial charge in [0.1, 0.15) is 0 Å². The Morgan fingerprint density at radius 2 is 2.15 bits per heavy atom. The summed E-state index contributed by atoms with van der Waals surface area (Å²) in [6.45, 7) is 1.07. The number of piperidine rings is 1. The average Bonchev–Trinajstić information content (AvgIpc) is 2.57. The van der Waals surface area contributed by atoms with E-state index < -0.39 is 30.7 Å². The summed E-state index contributed by atoms with van der Waals surface area (Å²) < 4.78 is 41.1. The number of pyridine rings is 1. The van der Waals surface area contributed by atoms with Crippen LogP contribution in [0.5, 0.6) is 5.88 Å². The third kappa shape index (κ3) is 6.08. The van der Waals surface area contributed by atoms with Gasteiger partial charge in [0.05, 0.1) is 5.92 Å². The van der Waals surface area contributed by atoms with Gasteiger partial charge < -0.3 is 20.1 Å². The normalized spacial score (nSPS) is 20.5. The summed E-state index contributed by atoms with van der Waals surface area (Å²) in [7, 11) is 0. The molecular formula is C16H20F3N3O4. The summed E-state index contributed by atoms with van der Waals surface area (Å²) >= 11 is 0. The molecular weight excluding hydrogens is 355 g/mol. The number of carboxylic acid groups (broad SMARTS) is 1. The molecule has 1 saturated heterocycles. The van der Waals surface area contributed by atoms with E-state index in [0.717, 1.165) is 0 Å². The van der Waals surface area contributed by atoms with E-state index in [4.69, 9.17) is 5.11 Å². The number of alkyl halides is 3. The van der Waals surface area contributed by atoms with E-state index in [0.29, 0.717) is 18.5 Å². The van der Waals surface area contributed by atoms with Gasteiger partial charge in [-0.25, -0.2) is 9.78 Å². The molecule has 2 N–H and O–H groups in total. The lowest BCUT2D eigenvalue weighted by Crippen LogP contribution is -2.49. The maximum atomic E-state index is 12.3. The number of likely N-dealkylation sites (tertiary alicyclic amines) is 1. The van der Waals surface area contributed by atoms with Crippen molar-refractivity contribution in [1.29, 1.82) is 0 Å². The predicted molar refractivity (Wildman–Crippen MR) is 84.5 cm³/mol. The molecule has 1 aliphatic rings. The molecule has 0 aliphatic carbocycles. The summed E-state index contributed by atoms with van der Waals surface area (Å²) in [6.07, 6.45) is -2.66. The van der Waals surface area contributed by atoms with Gasteiger partial charge in [-0.05, 0) is 24.0 Å². The van der Waals surface area contributed by atoms with Crippen molar-refractivity contribution >= 4 is 12.0 Å². The van der Waals surface area contributed by atoms with E-state index in [-0.39, 0.29) is 24.9 Å². The van der Waals surface area contributed by atoms with Crippen molar-refractivity contribution in [2.24, 2.45) is 11.8 Å². The van der Waals surface area contributed by atoms with Crippen molar-refractivity contribution in [3.05, 3.63) is 23.9 Å². The number of rotatable bonds is 5. The highest BCUT2D eigenvalue weighted by Crippen LogP contribution is 2.22. The summed E-state index contributed by atoms with van der Waals surface area (Å²) in [5.41, 5.74) is 0.519. The van der Waals surface area contributed by atoms with Crippen molar-refractivity contribution in [2.75, 3.05) is 19.7 Å². The molecule has 0 radical (unpaired) electrons. The van der Waals surface area contributed by atoms with E-state index in [2.05, 4.69) is 15.0 Å². The molecule has 0 spiro atoms. The number of carbonyl (C=O) groups excluding carboxylic acids is 1. The van der Waals surface area contributed by atoms with Crippen LogP contribution in [0.1, 0.15) is 18.9 Å². The van der Waals surface area contributed by atoms with Gasteiger partial charge in [0, 0.05) is 31.9 Å². The predicted octanol–water partition coefficient (Wildman–Crippen LogP) is 2.27. The van der Waals surface area contributed by atoms with Crippen molar-refractivity contribution in [3.63, 3.8) is 0 Å². The number of urea groups is 1. The van der Waals surface area contributed by atoms with Gasteiger partial charge in [-0.3, -0.25) is 4.79 Å². The number of hydrogen-bond acceptors (Lipinski definition) is 4. The maximum Gasteiger partial charge on any atom is 0.422 e. The second-order valence-electron chi connectivity index (χ2n) is 6.35. The summed E-state index contributed by atoms with van der Waals surface area (Å²) in [6, 6.07) is 2.43. The van der Waals surface area contributed by atoms with Crippen LogP contribution >= 0.6 is 0 Å². The fourth-order valence-electron chi connectivity index (χ4n) is 2.78. The summed E-state index contributed by atoms with van der Waals surface area (Å²) in [5.74, 6) is -1.66. The number of hydrogen-bond donors (Lipinski definition) is 2. The van der Waals surface area contributed by atoms with Crippen LogP contribution in [0.4, 0.5) is 18.0 Å². The molecule has 2 unspecified atom stereocenters. The number of carboxylic acids is 1. The molecule has 10 heteroatoms. The van der Waals surface area contributed by atoms with Crippen LogP contribution in [-0.2, 0) is 11.3 Å². The van der Waals surface area contributed by atoms with Crippen molar-refractivity contribution in [1.82, 2.24) is 15.2 Å². The van der Waals surface area contributed by atoms with Crippen LogP contribution in [-0.4, -0.2) is 52.9 Å². The zero-order valence-electron chi connectivity index (χ0n) is 14.1. The Bertz CT molecular complexity index is 654. The number of ether oxygens (including phenoxy) is 1. The standard InChI is InChI=1S/C16H20F3N3O4/c1-10-4-12(14(23)24)8-22(7-10)15(25)21-6-11-2-3-20-13(5-11)26-9-16(17,18)19/h2-3,5,10,12H,4,6-9H2,1H3,(H,21,25)(H,23,24). The molecule has 0 aromatic carbocycles. The molecule has 0 saturated carbocycles. The number of nitrogens with one attached hydrogen (secondary N) is 1. The van der Waals surface area contributed by atoms with Crippen molar-refractivity contribution in [3.8, 4) is 5.88 Å². The van der Waals surface area contributed by atoms with Crippen LogP contribution in [0.3, 0.4) is 0 Å². The molecule has 0 bridgehead atoms. The highest BCUT2D eigenvalue weighted by atomic mass is 19.4. The van der Waals surface area contributed by atoms with Gasteiger partial charge in [-0.2, -0.15) is 13.2 Å². The minimum Gasteiger partial charge on any atom is -0.481 e. The van der Waals surface area contributed by atoms with Crippen molar-refractivity contribution < 1.29 is 32.6 Å². The van der Waals surface area contributed by atoms with E-state index in [9.17, 15) is 22.8 Å². The highest BCUT2D eigenvalue weighted by molar-refractivity contribution is 5.76. The SMILES string of the molecule is CC1CC(C(=O)O)CN(C(=O)NCc2ccnc(OCC(F)(F)F)c2)C1. The van der Waals surface area contributed by atoms with Gasteiger partial charge in [-0.15, -0.1) is 0 Å². The molecule has 26 heavy (non-hydrogen) atoms. The molecule has 2 amide bonds. The number of amides is 2. The molecule has 1 fully saturated rings. The van der Waals surface area contributed by atoms with Gasteiger partial charge in [-0.1, -0.05) is 6.92 Å². The van der Waals surface area contributed by atoms with Crippen LogP contribution < -0.4 is 10.1 Å². The zero-order valence-corrected chi connectivity index (χ0v) is 14.1. The second-order valence-corrected chi connectivity index (χ2v) is 6.35. The lowest BCUT2D eigenvalue weighted by molar-refractivity contribution is -0.154. The maximum absolute atomic E-state index is 12.3. The summed E-state index contributed by atoms with van der Waals surface area (Å²) in [4.78, 5) is 28.5. The van der Waals surface area contributed by atoms with Crippen LogP contribution in [0.2, 0.25) is 0 Å². The van der Waals surface area contributed by atoms with Gasteiger partial charge in [0.15, 0.2) is 6.61 Å². The molecule has 1 aromatic rings. The fourth-order valence-corrected chi connectivity index (χ4v) is 2.78. The lowest BCUT2D eigenvalue weighted by atomic mass is 9.91. The van der Waals surface area contributed by atoms with Gasteiger partial charge >= 0.3 is 18.2 Å². The second kappa shape index (κ2) is 8.24. The smallest absolute Gasteiger partial charge is 0.422 e. The monoisotopic (exact) mass is 375 g/mol. The molecule has 2 atom stereocenters. The largest absolute Gasteiger partial charge is 0.481 e. The van der Waals surface area contributed by atoms with Gasteiger partial charge in [0.25, 0.3) is 0 Å². The minimum absolute atomic E-state index is 0.0619. The fraction of sp³-hybridized carbons (Fsp3) is 0.562. The van der Waals surface area contributed by atoms with Crippen LogP contribution in [0, 0.1) is 11.8 Å². The first-order valence-electron chi connectivity index (χ1n) is 8.04. The molecule has 2 rings (SSSR count). The Hall–Kier alpha value is -2.52. The Morgan fingerprint density at radius 1 is 1.42 bits per heavy atom. The summed E-state index contributed by atoms with van der Waals surface area (Å²) in [5, 5.41) is 11.8. The average molecular weight is 375 g/mol. The molecule has 1 aromatic heterocycles. The quantitative estimate of drug-likeness (QED) is 0.824.